The van der Waals surface area contributed by atoms with E-state index in [1.165, 1.54) is 6.07 Å². The van der Waals surface area contributed by atoms with Gasteiger partial charge in [-0.3, -0.25) is 0 Å². The Morgan fingerprint density at radius 3 is 2.35 bits per heavy atom. The first kappa shape index (κ1) is 17.9. The third-order valence-electron chi connectivity index (χ3n) is 3.42. The van der Waals surface area contributed by atoms with Gasteiger partial charge in [0.1, 0.15) is 29.6 Å². The average Bonchev–Trinajstić information content (AvgIpc) is 3.12. The quantitative estimate of drug-likeness (QED) is 0.425. The van der Waals surface area contributed by atoms with Crippen molar-refractivity contribution in [3.63, 3.8) is 0 Å². The highest BCUT2D eigenvalue weighted by Crippen LogP contribution is 2.25. The lowest BCUT2D eigenvalue weighted by molar-refractivity contribution is 0.0697. The third kappa shape index (κ3) is 4.58. The van der Waals surface area contributed by atoms with Crippen molar-refractivity contribution in [2.75, 3.05) is 6.61 Å². The molecule has 3 rings (SSSR count). The summed E-state index contributed by atoms with van der Waals surface area (Å²) in [6, 6.07) is 17.2. The maximum Gasteiger partial charge on any atom is 0.379 e. The molecular formula is C20H17ClO5. The molecule has 0 saturated carbocycles. The van der Waals surface area contributed by atoms with Crippen LogP contribution in [0.5, 0.6) is 17.2 Å². The summed E-state index contributed by atoms with van der Waals surface area (Å²) in [6.45, 7) is 2.72. The van der Waals surface area contributed by atoms with E-state index in [4.69, 9.17) is 30.2 Å². The number of carbonyl (C=O) groups excluding carboxylic acids is 1. The second-order valence-corrected chi connectivity index (χ2v) is 5.69. The number of rotatable bonds is 7. The van der Waals surface area contributed by atoms with Gasteiger partial charge in [-0.25, -0.2) is 4.79 Å². The summed E-state index contributed by atoms with van der Waals surface area (Å²) in [5.74, 6) is 1.70. The summed E-state index contributed by atoms with van der Waals surface area (Å²) in [5, 5.41) is 0.353. The van der Waals surface area contributed by atoms with Gasteiger partial charge in [0, 0.05) is 0 Å². The Morgan fingerprint density at radius 1 is 0.962 bits per heavy atom. The molecule has 2 aromatic carbocycles. The van der Waals surface area contributed by atoms with Gasteiger partial charge in [-0.2, -0.15) is 0 Å². The van der Waals surface area contributed by atoms with Gasteiger partial charge in [-0.15, -0.1) is 0 Å². The van der Waals surface area contributed by atoms with Gasteiger partial charge in [0.2, 0.25) is 5.76 Å². The van der Waals surface area contributed by atoms with Crippen LogP contribution in [0.1, 0.15) is 23.2 Å². The average molecular weight is 373 g/mol. The van der Waals surface area contributed by atoms with Gasteiger partial charge in [0.25, 0.3) is 0 Å². The lowest BCUT2D eigenvalue weighted by Gasteiger charge is -2.06. The number of halogens is 1. The van der Waals surface area contributed by atoms with E-state index in [1.807, 2.05) is 19.1 Å². The molecule has 0 fully saturated rings. The maximum atomic E-state index is 12.1. The van der Waals surface area contributed by atoms with E-state index < -0.39 is 5.97 Å². The van der Waals surface area contributed by atoms with Gasteiger partial charge in [-0.05, 0) is 55.5 Å². The largest absolute Gasteiger partial charge is 0.494 e. The predicted octanol–water partition coefficient (Wildman–Crippen LogP) is 5.13. The number of benzene rings is 2. The minimum Gasteiger partial charge on any atom is -0.494 e. The van der Waals surface area contributed by atoms with Crippen molar-refractivity contribution < 1.29 is 23.4 Å². The zero-order valence-corrected chi connectivity index (χ0v) is 14.9. The van der Waals surface area contributed by atoms with Crippen LogP contribution in [-0.2, 0) is 6.61 Å². The van der Waals surface area contributed by atoms with E-state index in [1.54, 1.807) is 42.5 Å². The molecule has 0 aliphatic heterocycles. The molecule has 1 heterocycles. The van der Waals surface area contributed by atoms with Crippen molar-refractivity contribution in [1.29, 1.82) is 0 Å². The van der Waals surface area contributed by atoms with Crippen LogP contribution >= 0.6 is 11.6 Å². The highest BCUT2D eigenvalue weighted by Gasteiger charge is 2.15. The molecule has 6 heteroatoms. The van der Waals surface area contributed by atoms with E-state index in [-0.39, 0.29) is 18.1 Å². The van der Waals surface area contributed by atoms with Gasteiger partial charge in [-0.1, -0.05) is 23.7 Å². The molecule has 0 atom stereocenters. The molecule has 0 amide bonds. The Bertz CT molecular complexity index is 870. The van der Waals surface area contributed by atoms with E-state index >= 15 is 0 Å². The highest BCUT2D eigenvalue weighted by atomic mass is 35.5. The zero-order valence-electron chi connectivity index (χ0n) is 14.1. The first-order chi connectivity index (χ1) is 12.7. The summed E-state index contributed by atoms with van der Waals surface area (Å²) in [7, 11) is 0. The lowest BCUT2D eigenvalue weighted by atomic mass is 10.3. The van der Waals surface area contributed by atoms with Gasteiger partial charge in [0.15, 0.2) is 0 Å². The van der Waals surface area contributed by atoms with Crippen LogP contribution in [0.25, 0.3) is 0 Å². The fraction of sp³-hybridized carbons (Fsp3) is 0.150. The molecule has 0 aliphatic rings. The monoisotopic (exact) mass is 372 g/mol. The minimum absolute atomic E-state index is 0.0789. The van der Waals surface area contributed by atoms with Crippen LogP contribution in [0.3, 0.4) is 0 Å². The number of para-hydroxylation sites is 1. The van der Waals surface area contributed by atoms with Crippen molar-refractivity contribution in [2.45, 2.75) is 13.5 Å². The summed E-state index contributed by atoms with van der Waals surface area (Å²) in [6.07, 6.45) is 0. The number of hydrogen-bond donors (Lipinski definition) is 0. The van der Waals surface area contributed by atoms with E-state index in [9.17, 15) is 4.79 Å². The van der Waals surface area contributed by atoms with Crippen LogP contribution in [0.4, 0.5) is 0 Å². The summed E-state index contributed by atoms with van der Waals surface area (Å²) in [5.41, 5.74) is 0. The second kappa shape index (κ2) is 8.45. The van der Waals surface area contributed by atoms with E-state index in [0.717, 1.165) is 5.75 Å². The Kier molecular flexibility index (Phi) is 5.81. The predicted molar refractivity (Wildman–Crippen MR) is 97.1 cm³/mol. The first-order valence-electron chi connectivity index (χ1n) is 8.07. The van der Waals surface area contributed by atoms with Gasteiger partial charge >= 0.3 is 5.97 Å². The molecule has 0 unspecified atom stereocenters. The Balaban J connectivity index is 1.57. The van der Waals surface area contributed by atoms with E-state index in [2.05, 4.69) is 0 Å². The topological polar surface area (TPSA) is 57.9 Å². The highest BCUT2D eigenvalue weighted by molar-refractivity contribution is 6.32. The van der Waals surface area contributed by atoms with Gasteiger partial charge < -0.3 is 18.6 Å². The van der Waals surface area contributed by atoms with Crippen molar-refractivity contribution in [1.82, 2.24) is 0 Å². The molecule has 0 spiro atoms. The number of hydrogen-bond acceptors (Lipinski definition) is 5. The lowest BCUT2D eigenvalue weighted by Crippen LogP contribution is -2.07. The van der Waals surface area contributed by atoms with Crippen LogP contribution in [-0.4, -0.2) is 12.6 Å². The Hall–Kier alpha value is -2.92. The first-order valence-corrected chi connectivity index (χ1v) is 8.44. The zero-order chi connectivity index (χ0) is 18.4. The maximum absolute atomic E-state index is 12.1. The number of furan rings is 1. The number of esters is 1. The molecule has 134 valence electrons. The Morgan fingerprint density at radius 2 is 1.65 bits per heavy atom. The molecule has 26 heavy (non-hydrogen) atoms. The minimum atomic E-state index is -0.620. The van der Waals surface area contributed by atoms with E-state index in [0.29, 0.717) is 23.1 Å². The van der Waals surface area contributed by atoms with Crippen LogP contribution in [0, 0.1) is 0 Å². The fourth-order valence-corrected chi connectivity index (χ4v) is 2.37. The smallest absolute Gasteiger partial charge is 0.379 e. The second-order valence-electron chi connectivity index (χ2n) is 5.28. The summed E-state index contributed by atoms with van der Waals surface area (Å²) < 4.78 is 21.7. The standard InChI is InChI=1S/C20H17ClO5/c1-2-23-14-7-9-15(10-8-14)24-13-16-11-12-19(25-16)20(22)26-18-6-4-3-5-17(18)21/h3-12H,2,13H2,1H3. The van der Waals surface area contributed by atoms with Crippen LogP contribution in [0.2, 0.25) is 5.02 Å². The summed E-state index contributed by atoms with van der Waals surface area (Å²) in [4.78, 5) is 12.1. The van der Waals surface area contributed by atoms with Crippen molar-refractivity contribution in [3.05, 3.63) is 77.2 Å². The normalized spacial score (nSPS) is 10.4. The molecule has 0 radical (unpaired) electrons. The number of ether oxygens (including phenoxy) is 3. The molecule has 0 saturated heterocycles. The van der Waals surface area contributed by atoms with Crippen LogP contribution in [0.15, 0.2) is 65.1 Å². The molecule has 1 aromatic heterocycles. The Labute approximate surface area is 156 Å². The van der Waals surface area contributed by atoms with Gasteiger partial charge in [0.05, 0.1) is 11.6 Å². The molecule has 5 nitrogen and oxygen atoms in total. The third-order valence-corrected chi connectivity index (χ3v) is 3.73. The van der Waals surface area contributed by atoms with Crippen LogP contribution < -0.4 is 14.2 Å². The SMILES string of the molecule is CCOc1ccc(OCc2ccc(C(=O)Oc3ccccc3Cl)o2)cc1. The molecule has 0 N–H and O–H groups in total. The molecule has 0 bridgehead atoms. The number of carbonyl (C=O) groups is 1. The molecule has 0 aliphatic carbocycles. The molecule has 3 aromatic rings. The summed E-state index contributed by atoms with van der Waals surface area (Å²) >= 11 is 5.97. The van der Waals surface area contributed by atoms with Crippen molar-refractivity contribution >= 4 is 17.6 Å². The fourth-order valence-electron chi connectivity index (χ4n) is 2.20. The molecular weight excluding hydrogens is 356 g/mol. The van der Waals surface area contributed by atoms with Crippen molar-refractivity contribution in [3.8, 4) is 17.2 Å². The van der Waals surface area contributed by atoms with Crippen molar-refractivity contribution in [2.24, 2.45) is 0 Å².